The van der Waals surface area contributed by atoms with E-state index in [4.69, 9.17) is 9.15 Å². The molecule has 26 heavy (non-hydrogen) atoms. The summed E-state index contributed by atoms with van der Waals surface area (Å²) in [6.07, 6.45) is 4.85. The van der Waals surface area contributed by atoms with E-state index >= 15 is 0 Å². The SMILES string of the molecule is CC(C)COc1ccc(C(=O)NCc2ccc(-c3ccco3)nc2)cn1. The van der Waals surface area contributed by atoms with Gasteiger partial charge >= 0.3 is 0 Å². The van der Waals surface area contributed by atoms with Crippen molar-refractivity contribution in [3.63, 3.8) is 0 Å². The van der Waals surface area contributed by atoms with Crippen molar-refractivity contribution in [2.45, 2.75) is 20.4 Å². The fraction of sp³-hybridized carbons (Fsp3) is 0.250. The van der Waals surface area contributed by atoms with E-state index in [-0.39, 0.29) is 5.91 Å². The Morgan fingerprint density at radius 2 is 2.04 bits per heavy atom. The summed E-state index contributed by atoms with van der Waals surface area (Å²) >= 11 is 0. The first-order valence-corrected chi connectivity index (χ1v) is 8.47. The van der Waals surface area contributed by atoms with Crippen molar-refractivity contribution in [2.24, 2.45) is 5.92 Å². The first-order valence-electron chi connectivity index (χ1n) is 8.47. The molecule has 0 atom stereocenters. The summed E-state index contributed by atoms with van der Waals surface area (Å²) in [5.41, 5.74) is 2.15. The van der Waals surface area contributed by atoms with E-state index < -0.39 is 0 Å². The number of nitrogens with zero attached hydrogens (tertiary/aromatic N) is 2. The zero-order chi connectivity index (χ0) is 18.4. The summed E-state index contributed by atoms with van der Waals surface area (Å²) in [7, 11) is 0. The van der Waals surface area contributed by atoms with Crippen LogP contribution in [0.2, 0.25) is 0 Å². The first kappa shape index (κ1) is 17.7. The van der Waals surface area contributed by atoms with Crippen molar-refractivity contribution in [3.8, 4) is 17.3 Å². The topological polar surface area (TPSA) is 77.2 Å². The van der Waals surface area contributed by atoms with Crippen LogP contribution in [-0.2, 0) is 6.54 Å². The number of hydrogen-bond donors (Lipinski definition) is 1. The largest absolute Gasteiger partial charge is 0.477 e. The van der Waals surface area contributed by atoms with E-state index in [1.807, 2.05) is 24.3 Å². The average molecular weight is 351 g/mol. The Kier molecular flexibility index (Phi) is 5.63. The third-order valence-corrected chi connectivity index (χ3v) is 3.61. The number of carbonyl (C=O) groups excluding carboxylic acids is 1. The second-order valence-corrected chi connectivity index (χ2v) is 6.30. The Balaban J connectivity index is 1.53. The first-order chi connectivity index (χ1) is 12.6. The van der Waals surface area contributed by atoms with E-state index in [0.717, 1.165) is 11.3 Å². The lowest BCUT2D eigenvalue weighted by molar-refractivity contribution is 0.0950. The van der Waals surface area contributed by atoms with Gasteiger partial charge in [-0.05, 0) is 35.7 Å². The van der Waals surface area contributed by atoms with E-state index in [9.17, 15) is 4.79 Å². The third-order valence-electron chi connectivity index (χ3n) is 3.61. The molecule has 0 aromatic carbocycles. The standard InChI is InChI=1S/C20H21N3O3/c1-14(2)13-26-19-8-6-16(12-22-19)20(24)23-11-15-5-7-17(21-10-15)18-4-3-9-25-18/h3-10,12,14H,11,13H2,1-2H3,(H,23,24). The molecule has 0 aliphatic heterocycles. The molecular formula is C20H21N3O3. The summed E-state index contributed by atoms with van der Waals surface area (Å²) in [5, 5.41) is 2.86. The number of pyridine rings is 2. The molecule has 3 heterocycles. The molecular weight excluding hydrogens is 330 g/mol. The number of amides is 1. The highest BCUT2D eigenvalue weighted by atomic mass is 16.5. The summed E-state index contributed by atoms with van der Waals surface area (Å²) in [6.45, 7) is 5.12. The second-order valence-electron chi connectivity index (χ2n) is 6.30. The monoisotopic (exact) mass is 351 g/mol. The number of furan rings is 1. The second kappa shape index (κ2) is 8.29. The maximum Gasteiger partial charge on any atom is 0.253 e. The minimum atomic E-state index is -0.192. The van der Waals surface area contributed by atoms with Crippen molar-refractivity contribution in [1.82, 2.24) is 15.3 Å². The molecule has 6 nitrogen and oxygen atoms in total. The van der Waals surface area contributed by atoms with Gasteiger partial charge < -0.3 is 14.5 Å². The normalized spacial score (nSPS) is 10.7. The fourth-order valence-corrected chi connectivity index (χ4v) is 2.24. The summed E-state index contributed by atoms with van der Waals surface area (Å²) in [6, 6.07) is 10.9. The molecule has 0 fully saturated rings. The van der Waals surface area contributed by atoms with Gasteiger partial charge in [-0.2, -0.15) is 0 Å². The highest BCUT2D eigenvalue weighted by Crippen LogP contribution is 2.17. The third kappa shape index (κ3) is 4.69. The number of rotatable bonds is 7. The molecule has 0 aliphatic rings. The fourth-order valence-electron chi connectivity index (χ4n) is 2.24. The molecule has 0 bridgehead atoms. The number of ether oxygens (including phenoxy) is 1. The average Bonchev–Trinajstić information content (AvgIpc) is 3.20. The quantitative estimate of drug-likeness (QED) is 0.702. The lowest BCUT2D eigenvalue weighted by Crippen LogP contribution is -2.23. The highest BCUT2D eigenvalue weighted by Gasteiger charge is 2.08. The van der Waals surface area contributed by atoms with Crippen molar-refractivity contribution >= 4 is 5.91 Å². The molecule has 134 valence electrons. The molecule has 1 amide bonds. The van der Waals surface area contributed by atoms with E-state index in [0.29, 0.717) is 36.3 Å². The summed E-state index contributed by atoms with van der Waals surface area (Å²) < 4.78 is 10.8. The Hall–Kier alpha value is -3.15. The lowest BCUT2D eigenvalue weighted by Gasteiger charge is -2.08. The molecule has 1 N–H and O–H groups in total. The molecule has 3 aromatic heterocycles. The number of aromatic nitrogens is 2. The van der Waals surface area contributed by atoms with Crippen LogP contribution in [0.1, 0.15) is 29.8 Å². The van der Waals surface area contributed by atoms with E-state index in [1.54, 1.807) is 24.6 Å². The van der Waals surface area contributed by atoms with Crippen molar-refractivity contribution in [3.05, 3.63) is 66.2 Å². The van der Waals surface area contributed by atoms with Crippen LogP contribution in [0.5, 0.6) is 5.88 Å². The van der Waals surface area contributed by atoms with Crippen LogP contribution in [0.4, 0.5) is 0 Å². The minimum Gasteiger partial charge on any atom is -0.477 e. The molecule has 6 heteroatoms. The smallest absolute Gasteiger partial charge is 0.253 e. The van der Waals surface area contributed by atoms with Crippen molar-refractivity contribution in [1.29, 1.82) is 0 Å². The highest BCUT2D eigenvalue weighted by molar-refractivity contribution is 5.93. The van der Waals surface area contributed by atoms with Crippen LogP contribution in [0, 0.1) is 5.92 Å². The van der Waals surface area contributed by atoms with Crippen LogP contribution in [0.3, 0.4) is 0 Å². The van der Waals surface area contributed by atoms with Gasteiger partial charge in [0.2, 0.25) is 5.88 Å². The molecule has 0 spiro atoms. The zero-order valence-electron chi connectivity index (χ0n) is 14.8. The Morgan fingerprint density at radius 1 is 1.15 bits per heavy atom. The number of carbonyl (C=O) groups is 1. The zero-order valence-corrected chi connectivity index (χ0v) is 14.8. The Labute approximate surface area is 152 Å². The van der Waals surface area contributed by atoms with Gasteiger partial charge in [-0.3, -0.25) is 9.78 Å². The predicted octanol–water partition coefficient (Wildman–Crippen LogP) is 3.70. The maximum absolute atomic E-state index is 12.2. The van der Waals surface area contributed by atoms with Crippen LogP contribution >= 0.6 is 0 Å². The number of hydrogen-bond acceptors (Lipinski definition) is 5. The maximum atomic E-state index is 12.2. The number of nitrogens with one attached hydrogen (secondary N) is 1. The summed E-state index contributed by atoms with van der Waals surface area (Å²) in [5.74, 6) is 1.47. The van der Waals surface area contributed by atoms with Crippen molar-refractivity contribution in [2.75, 3.05) is 6.61 Å². The van der Waals surface area contributed by atoms with Gasteiger partial charge in [-0.25, -0.2) is 4.98 Å². The Morgan fingerprint density at radius 3 is 2.65 bits per heavy atom. The van der Waals surface area contributed by atoms with Crippen LogP contribution < -0.4 is 10.1 Å². The molecule has 0 saturated carbocycles. The van der Waals surface area contributed by atoms with Crippen LogP contribution in [0.15, 0.2) is 59.5 Å². The molecule has 0 aliphatic carbocycles. The van der Waals surface area contributed by atoms with E-state index in [2.05, 4.69) is 29.1 Å². The van der Waals surface area contributed by atoms with Crippen LogP contribution in [0.25, 0.3) is 11.5 Å². The van der Waals surface area contributed by atoms with Gasteiger partial charge in [0.15, 0.2) is 5.76 Å². The van der Waals surface area contributed by atoms with Crippen LogP contribution in [-0.4, -0.2) is 22.5 Å². The van der Waals surface area contributed by atoms with Gasteiger partial charge in [-0.15, -0.1) is 0 Å². The minimum absolute atomic E-state index is 0.192. The molecule has 3 rings (SSSR count). The van der Waals surface area contributed by atoms with Gasteiger partial charge in [0.1, 0.15) is 5.69 Å². The van der Waals surface area contributed by atoms with Gasteiger partial charge in [0.25, 0.3) is 5.91 Å². The van der Waals surface area contributed by atoms with Crippen molar-refractivity contribution < 1.29 is 13.9 Å². The molecule has 0 saturated heterocycles. The van der Waals surface area contributed by atoms with E-state index in [1.165, 1.54) is 6.20 Å². The molecule has 0 unspecified atom stereocenters. The predicted molar refractivity (Wildman–Crippen MR) is 97.7 cm³/mol. The summed E-state index contributed by atoms with van der Waals surface area (Å²) in [4.78, 5) is 20.7. The molecule has 0 radical (unpaired) electrons. The molecule has 3 aromatic rings. The van der Waals surface area contributed by atoms with Gasteiger partial charge in [-0.1, -0.05) is 19.9 Å². The van der Waals surface area contributed by atoms with Gasteiger partial charge in [0.05, 0.1) is 18.4 Å². The Bertz CT molecular complexity index is 826. The lowest BCUT2D eigenvalue weighted by atomic mass is 10.2. The van der Waals surface area contributed by atoms with Gasteiger partial charge in [0, 0.05) is 25.0 Å².